The smallest absolute Gasteiger partial charge is 0.220 e. The Morgan fingerprint density at radius 3 is 1.09 bits per heavy atom. The zero-order chi connectivity index (χ0) is 63.1. The molecule has 9 N–H and O–H groups in total. The highest BCUT2D eigenvalue weighted by Crippen LogP contribution is 2.30. The van der Waals surface area contributed by atoms with Crippen LogP contribution in [0.4, 0.5) is 0 Å². The number of amides is 1. The Morgan fingerprint density at radius 1 is 0.402 bits per heavy atom. The highest BCUT2D eigenvalue weighted by atomic mass is 16.7. The van der Waals surface area contributed by atoms with Crippen LogP contribution in [-0.4, -0.2) is 140 Å². The summed E-state index contributed by atoms with van der Waals surface area (Å²) in [6.45, 7) is 2.86. The lowest BCUT2D eigenvalue weighted by atomic mass is 9.97. The van der Waals surface area contributed by atoms with Crippen LogP contribution in [0.5, 0.6) is 0 Å². The van der Waals surface area contributed by atoms with E-state index in [2.05, 4.69) is 31.3 Å². The van der Waals surface area contributed by atoms with Crippen LogP contribution in [0.2, 0.25) is 0 Å². The van der Waals surface area contributed by atoms with Gasteiger partial charge in [0.1, 0.15) is 48.8 Å². The van der Waals surface area contributed by atoms with Crippen LogP contribution in [0.1, 0.15) is 341 Å². The highest BCUT2D eigenvalue weighted by molar-refractivity contribution is 5.76. The number of unbranched alkanes of at least 4 members (excludes halogenated alkanes) is 47. The molecular formula is C73H139NO13. The van der Waals surface area contributed by atoms with Crippen molar-refractivity contribution < 1.29 is 64.6 Å². The monoisotopic (exact) mass is 1240 g/mol. The van der Waals surface area contributed by atoms with Gasteiger partial charge in [0.25, 0.3) is 0 Å². The molecule has 1 amide bonds. The average molecular weight is 1240 g/mol. The number of nitrogens with one attached hydrogen (secondary N) is 1. The Balaban J connectivity index is 1.66. The molecule has 2 aliphatic rings. The van der Waals surface area contributed by atoms with Crippen molar-refractivity contribution in [2.75, 3.05) is 19.8 Å². The lowest BCUT2D eigenvalue weighted by Crippen LogP contribution is -2.65. The van der Waals surface area contributed by atoms with Gasteiger partial charge in [-0.15, -0.1) is 0 Å². The summed E-state index contributed by atoms with van der Waals surface area (Å²) in [5.74, 6) is -0.234. The average Bonchev–Trinajstić information content (AvgIpc) is 2.33. The van der Waals surface area contributed by atoms with Crippen LogP contribution in [0.25, 0.3) is 0 Å². The summed E-state index contributed by atoms with van der Waals surface area (Å²) < 4.78 is 22.9. The van der Waals surface area contributed by atoms with Gasteiger partial charge >= 0.3 is 0 Å². The van der Waals surface area contributed by atoms with Gasteiger partial charge < -0.3 is 65.1 Å². The van der Waals surface area contributed by atoms with Crippen molar-refractivity contribution in [3.8, 4) is 0 Å². The maximum atomic E-state index is 13.3. The standard InChI is InChI=1S/C73H139NO13/c1-3-5-7-9-11-13-15-17-19-21-23-25-27-28-29-30-31-32-33-35-36-38-40-42-44-46-48-50-52-54-56-62(77)61(60-84-72-70(83)68(81)71(64(59-76)86-72)87-73-69(82)67(80)66(79)63(58-75)85-73)74-65(78)57-55-53-51-49-47-45-43-41-39-37-34-26-24-22-20-18-16-14-12-10-8-6-4-2/h22,24,54,56,61-64,66-73,75-77,79-83H,3-21,23,25-53,55,57-60H2,1-2H3,(H,74,78)/b24-22-,56-54+. The summed E-state index contributed by atoms with van der Waals surface area (Å²) in [5.41, 5.74) is 0. The first-order chi connectivity index (χ1) is 42.6. The van der Waals surface area contributed by atoms with E-state index >= 15 is 0 Å². The number of aliphatic hydroxyl groups excluding tert-OH is 8. The molecule has 0 aromatic heterocycles. The van der Waals surface area contributed by atoms with E-state index in [0.717, 1.165) is 38.5 Å². The van der Waals surface area contributed by atoms with Gasteiger partial charge in [0.05, 0.1) is 32.0 Å². The minimum Gasteiger partial charge on any atom is -0.394 e. The van der Waals surface area contributed by atoms with E-state index in [9.17, 15) is 45.6 Å². The molecule has 14 nitrogen and oxygen atoms in total. The number of ether oxygens (including phenoxy) is 4. The minimum absolute atomic E-state index is 0.234. The van der Waals surface area contributed by atoms with Gasteiger partial charge in [0, 0.05) is 6.42 Å². The van der Waals surface area contributed by atoms with E-state index in [0.29, 0.717) is 6.42 Å². The van der Waals surface area contributed by atoms with Crippen molar-refractivity contribution >= 4 is 5.91 Å². The summed E-state index contributed by atoms with van der Waals surface area (Å²) in [6.07, 6.45) is 56.7. The molecule has 14 heteroatoms. The second-order valence-electron chi connectivity index (χ2n) is 26.4. The summed E-state index contributed by atoms with van der Waals surface area (Å²) in [4.78, 5) is 13.3. The second-order valence-corrected chi connectivity index (χ2v) is 26.4. The molecule has 0 saturated carbocycles. The number of carbonyl (C=O) groups excluding carboxylic acids is 1. The molecule has 2 fully saturated rings. The van der Waals surface area contributed by atoms with E-state index in [-0.39, 0.29) is 18.9 Å². The number of hydrogen-bond acceptors (Lipinski definition) is 13. The van der Waals surface area contributed by atoms with Crippen molar-refractivity contribution in [3.05, 3.63) is 24.3 Å². The van der Waals surface area contributed by atoms with Gasteiger partial charge in [-0.2, -0.15) is 0 Å². The maximum absolute atomic E-state index is 13.3. The second kappa shape index (κ2) is 58.3. The van der Waals surface area contributed by atoms with E-state index in [1.807, 2.05) is 6.08 Å². The SMILES string of the molecule is CCCCCCCCCC/C=C\CCCCCCCCCCCCCC(=O)NC(COC1OC(CO)C(OC2OC(CO)C(O)C(O)C2O)C(O)C1O)C(O)/C=C/CCCCCCCCCCCCCCCCCCCCCCCCCCCCCC. The predicted octanol–water partition coefficient (Wildman–Crippen LogP) is 15.5. The third-order valence-electron chi connectivity index (χ3n) is 18.4. The van der Waals surface area contributed by atoms with Crippen LogP contribution in [-0.2, 0) is 23.7 Å². The number of rotatable bonds is 62. The molecule has 87 heavy (non-hydrogen) atoms. The van der Waals surface area contributed by atoms with E-state index in [4.69, 9.17) is 18.9 Å². The quantitative estimate of drug-likeness (QED) is 0.0204. The van der Waals surface area contributed by atoms with Crippen molar-refractivity contribution in [2.45, 2.75) is 415 Å². The van der Waals surface area contributed by atoms with Gasteiger partial charge in [0.2, 0.25) is 5.91 Å². The fraction of sp³-hybridized carbons (Fsp3) is 0.932. The zero-order valence-corrected chi connectivity index (χ0v) is 56.0. The molecule has 0 bridgehead atoms. The molecule has 2 rings (SSSR count). The Bertz CT molecular complexity index is 1550. The van der Waals surface area contributed by atoms with Crippen molar-refractivity contribution in [2.24, 2.45) is 0 Å². The first-order valence-electron chi connectivity index (χ1n) is 37.1. The Kier molecular flexibility index (Phi) is 54.7. The van der Waals surface area contributed by atoms with E-state index < -0.39 is 86.8 Å². The lowest BCUT2D eigenvalue weighted by Gasteiger charge is -2.46. The van der Waals surface area contributed by atoms with Crippen molar-refractivity contribution in [1.29, 1.82) is 0 Å². The molecule has 514 valence electrons. The first kappa shape index (κ1) is 81.6. The summed E-state index contributed by atoms with van der Waals surface area (Å²) in [5, 5.41) is 87.5. The normalized spacial score (nSPS) is 23.3. The molecule has 12 atom stereocenters. The van der Waals surface area contributed by atoms with Crippen LogP contribution in [0, 0.1) is 0 Å². The summed E-state index contributed by atoms with van der Waals surface area (Å²) in [7, 11) is 0. The fourth-order valence-corrected chi connectivity index (χ4v) is 12.5. The molecule has 2 saturated heterocycles. The molecule has 0 aromatic carbocycles. The summed E-state index contributed by atoms with van der Waals surface area (Å²) in [6, 6.07) is -0.915. The van der Waals surface area contributed by atoms with E-state index in [1.54, 1.807) is 6.08 Å². The predicted molar refractivity (Wildman–Crippen MR) is 355 cm³/mol. The topological polar surface area (TPSA) is 228 Å². The largest absolute Gasteiger partial charge is 0.394 e. The molecule has 0 spiro atoms. The van der Waals surface area contributed by atoms with Crippen LogP contribution in [0.3, 0.4) is 0 Å². The maximum Gasteiger partial charge on any atom is 0.220 e. The van der Waals surface area contributed by atoms with Crippen molar-refractivity contribution in [1.82, 2.24) is 5.32 Å². The van der Waals surface area contributed by atoms with Crippen LogP contribution < -0.4 is 5.32 Å². The third kappa shape index (κ3) is 42.4. The third-order valence-corrected chi connectivity index (χ3v) is 18.4. The van der Waals surface area contributed by atoms with E-state index in [1.165, 1.54) is 276 Å². The van der Waals surface area contributed by atoms with Gasteiger partial charge in [-0.25, -0.2) is 0 Å². The molecule has 0 aliphatic carbocycles. The van der Waals surface area contributed by atoms with Gasteiger partial charge in [-0.3, -0.25) is 4.79 Å². The Morgan fingerprint density at radius 2 is 0.724 bits per heavy atom. The van der Waals surface area contributed by atoms with Crippen LogP contribution >= 0.6 is 0 Å². The Labute approximate surface area is 532 Å². The number of allylic oxidation sites excluding steroid dienone is 3. The Hall–Kier alpha value is -1.53. The first-order valence-corrected chi connectivity index (χ1v) is 37.1. The lowest BCUT2D eigenvalue weighted by molar-refractivity contribution is -0.359. The van der Waals surface area contributed by atoms with Crippen molar-refractivity contribution in [3.63, 3.8) is 0 Å². The molecule has 2 aliphatic heterocycles. The molecule has 0 radical (unpaired) electrons. The van der Waals surface area contributed by atoms with Gasteiger partial charge in [-0.05, 0) is 44.9 Å². The highest BCUT2D eigenvalue weighted by Gasteiger charge is 2.51. The number of carbonyl (C=O) groups is 1. The summed E-state index contributed by atoms with van der Waals surface area (Å²) >= 11 is 0. The van der Waals surface area contributed by atoms with Gasteiger partial charge in [0.15, 0.2) is 12.6 Å². The molecule has 2 heterocycles. The molecule has 12 unspecified atom stereocenters. The number of hydrogen-bond donors (Lipinski definition) is 9. The van der Waals surface area contributed by atoms with Gasteiger partial charge in [-0.1, -0.05) is 314 Å². The van der Waals surface area contributed by atoms with Crippen LogP contribution in [0.15, 0.2) is 24.3 Å². The molecule has 0 aromatic rings. The minimum atomic E-state index is -1.79. The fourth-order valence-electron chi connectivity index (χ4n) is 12.5. The molecular weight excluding hydrogens is 1100 g/mol. The number of aliphatic hydroxyl groups is 8. The zero-order valence-electron chi connectivity index (χ0n) is 56.0.